The summed E-state index contributed by atoms with van der Waals surface area (Å²) in [4.78, 5) is 51.8. The predicted octanol–water partition coefficient (Wildman–Crippen LogP) is 4.51. The Morgan fingerprint density at radius 2 is 1.62 bits per heavy atom. The van der Waals surface area contributed by atoms with Gasteiger partial charge in [-0.25, -0.2) is 9.79 Å². The van der Waals surface area contributed by atoms with Crippen LogP contribution in [-0.2, 0) is 32.8 Å². The Morgan fingerprint density at radius 1 is 0.953 bits per heavy atom. The van der Waals surface area contributed by atoms with E-state index in [4.69, 9.17) is 51.6 Å². The summed E-state index contributed by atoms with van der Waals surface area (Å²) in [7, 11) is -4.31. The van der Waals surface area contributed by atoms with Crippen LogP contribution in [0.15, 0.2) is 80.2 Å². The van der Waals surface area contributed by atoms with E-state index in [1.54, 1.807) is 24.3 Å². The Hall–Kier alpha value is -5.44. The standard InChI is InChI=1S/C43H55N6O13PS/c1-4-29(5-2)61-38-24-30(23-35(49-42(44)45)40(38)47-25(3)50)63(55,56)60-19-18-59-17-16-58-15-14-57-13-12-46-43(64)48-26-6-9-31(34(20-26)41(53)54)39-32-10-7-27(51)21-36(32)62-37-22-28(52)8-11-33(37)39/h6-11,20-22,24,29,35,38,40,51H,4-5,12-19,23H2,1-3H3,(H,47,50)(H,53,54)(H,55,56)(H4,44,45,49)(H2,46,48,64)/t35-,38+,40+/m0/s1. The first-order valence-electron chi connectivity index (χ1n) is 20.6. The Bertz CT molecular complexity index is 2400. The minimum atomic E-state index is -4.31. The molecule has 2 aromatic carbocycles. The number of hydrogen-bond donors (Lipinski definition) is 8. The lowest BCUT2D eigenvalue weighted by molar-refractivity contribution is -0.121. The van der Waals surface area contributed by atoms with Crippen LogP contribution >= 0.6 is 19.8 Å². The molecule has 21 heteroatoms. The average Bonchev–Trinajstić information content (AvgIpc) is 3.23. The van der Waals surface area contributed by atoms with Gasteiger partial charge in [-0.2, -0.15) is 0 Å². The number of fused-ring (bicyclic) bond motifs is 2. The van der Waals surface area contributed by atoms with E-state index in [-0.39, 0.29) is 103 Å². The molecule has 10 N–H and O–H groups in total. The number of guanidine groups is 1. The summed E-state index contributed by atoms with van der Waals surface area (Å²) in [5.41, 5.74) is 13.2. The number of phenolic OH excluding ortho intramolecular Hbond substituents is 1. The maximum Gasteiger partial charge on any atom is 0.354 e. The molecule has 0 fully saturated rings. The monoisotopic (exact) mass is 926 g/mol. The van der Waals surface area contributed by atoms with E-state index >= 15 is 0 Å². The molecule has 64 heavy (non-hydrogen) atoms. The molecule has 19 nitrogen and oxygen atoms in total. The van der Waals surface area contributed by atoms with Crippen molar-refractivity contribution < 1.29 is 57.1 Å². The molecule has 0 saturated heterocycles. The number of amides is 1. The predicted molar refractivity (Wildman–Crippen MR) is 245 cm³/mol. The van der Waals surface area contributed by atoms with Crippen LogP contribution in [0.25, 0.3) is 33.4 Å². The number of nitrogens with zero attached hydrogens (tertiary/aromatic N) is 1. The molecule has 346 valence electrons. The maximum absolute atomic E-state index is 13.3. The molecule has 1 unspecified atom stereocenters. The third-order valence-electron chi connectivity index (χ3n) is 10.1. The Kier molecular flexibility index (Phi) is 18.2. The number of rotatable bonds is 23. The van der Waals surface area contributed by atoms with E-state index in [1.807, 2.05) is 13.8 Å². The highest BCUT2D eigenvalue weighted by Crippen LogP contribution is 2.54. The fourth-order valence-electron chi connectivity index (χ4n) is 7.11. The van der Waals surface area contributed by atoms with Gasteiger partial charge >= 0.3 is 13.6 Å². The molecule has 1 amide bonds. The van der Waals surface area contributed by atoms with Gasteiger partial charge in [-0.1, -0.05) is 19.9 Å². The average molecular weight is 927 g/mol. The van der Waals surface area contributed by atoms with Gasteiger partial charge in [0.05, 0.1) is 76.1 Å². The number of carboxylic acid groups (broad SMARTS) is 1. The first-order chi connectivity index (χ1) is 30.6. The molecular formula is C43H55N6O13PS. The zero-order valence-corrected chi connectivity index (χ0v) is 37.5. The van der Waals surface area contributed by atoms with Crippen LogP contribution in [-0.4, -0.2) is 115 Å². The van der Waals surface area contributed by atoms with E-state index in [9.17, 15) is 34.1 Å². The zero-order valence-electron chi connectivity index (χ0n) is 35.7. The second-order valence-electron chi connectivity index (χ2n) is 14.7. The SMILES string of the molecule is CCC(CC)O[C@@H]1C=C(P(=O)(O)OCCOCCOCCOCCNC(=S)Nc2ccc(-c3c4ccc(=O)cc-4oc4cc(O)ccc34)c(C(=O)O)c2)C[C@H](N=C(N)N)[C@H]1NC(C)=O. The summed E-state index contributed by atoms with van der Waals surface area (Å²) < 4.78 is 47.5. The quantitative estimate of drug-likeness (QED) is 0.0127. The molecule has 0 spiro atoms. The molecular weight excluding hydrogens is 872 g/mol. The fourth-order valence-corrected chi connectivity index (χ4v) is 8.57. The zero-order chi connectivity index (χ0) is 46.4. The molecule has 1 aliphatic heterocycles. The van der Waals surface area contributed by atoms with Gasteiger partial charge in [0.15, 0.2) is 16.5 Å². The lowest BCUT2D eigenvalue weighted by Gasteiger charge is -2.37. The number of aromatic hydroxyl groups is 1. The van der Waals surface area contributed by atoms with E-state index < -0.39 is 31.8 Å². The van der Waals surface area contributed by atoms with Crippen molar-refractivity contribution >= 4 is 59.4 Å². The van der Waals surface area contributed by atoms with E-state index in [1.165, 1.54) is 43.3 Å². The van der Waals surface area contributed by atoms with Gasteiger partial charge in [-0.3, -0.25) is 14.2 Å². The van der Waals surface area contributed by atoms with E-state index in [0.717, 1.165) is 0 Å². The fraction of sp³-hybridized carbons (Fsp3) is 0.419. The lowest BCUT2D eigenvalue weighted by Crippen LogP contribution is -2.53. The minimum absolute atomic E-state index is 0.0207. The van der Waals surface area contributed by atoms with Gasteiger partial charge < -0.3 is 70.4 Å². The smallest absolute Gasteiger partial charge is 0.354 e. The van der Waals surface area contributed by atoms with Gasteiger partial charge in [0.1, 0.15) is 17.1 Å². The summed E-state index contributed by atoms with van der Waals surface area (Å²) in [6, 6.07) is 12.1. The Morgan fingerprint density at radius 3 is 2.28 bits per heavy atom. The highest BCUT2D eigenvalue weighted by Gasteiger charge is 2.41. The summed E-state index contributed by atoms with van der Waals surface area (Å²) >= 11 is 5.41. The van der Waals surface area contributed by atoms with Gasteiger partial charge in [-0.05, 0) is 73.1 Å². The van der Waals surface area contributed by atoms with Crippen molar-refractivity contribution in [1.29, 1.82) is 0 Å². The number of nitrogens with one attached hydrogen (secondary N) is 3. The van der Waals surface area contributed by atoms with Crippen molar-refractivity contribution in [1.82, 2.24) is 10.6 Å². The number of hydrogen-bond acceptors (Lipinski definition) is 13. The van der Waals surface area contributed by atoms with Crippen LogP contribution in [0.5, 0.6) is 5.75 Å². The third kappa shape index (κ3) is 13.8. The first-order valence-corrected chi connectivity index (χ1v) is 22.6. The van der Waals surface area contributed by atoms with Crippen LogP contribution in [0, 0.1) is 0 Å². The van der Waals surface area contributed by atoms with Gasteiger partial charge in [0.25, 0.3) is 0 Å². The lowest BCUT2D eigenvalue weighted by atomic mass is 9.90. The largest absolute Gasteiger partial charge is 0.508 e. The Labute approximate surface area is 375 Å². The van der Waals surface area contributed by atoms with Crippen molar-refractivity contribution in [3.63, 3.8) is 0 Å². The highest BCUT2D eigenvalue weighted by atomic mass is 32.1. The number of phenols is 1. The molecule has 0 aromatic heterocycles. The van der Waals surface area contributed by atoms with Crippen molar-refractivity contribution in [2.24, 2.45) is 16.5 Å². The number of aromatic carboxylic acids is 1. The molecule has 0 radical (unpaired) electrons. The summed E-state index contributed by atoms with van der Waals surface area (Å²) in [5.74, 6) is -1.54. The van der Waals surface area contributed by atoms with Crippen LogP contribution in [0.3, 0.4) is 0 Å². The molecule has 0 saturated carbocycles. The van der Waals surface area contributed by atoms with Crippen molar-refractivity contribution in [3.8, 4) is 28.2 Å². The number of benzene rings is 3. The molecule has 1 heterocycles. The maximum atomic E-state index is 13.3. The summed E-state index contributed by atoms with van der Waals surface area (Å²) in [6.07, 6.45) is 1.92. The first kappa shape index (κ1) is 49.6. The molecule has 2 aromatic rings. The number of ether oxygens (including phenoxy) is 4. The number of carbonyl (C=O) groups is 2. The molecule has 2 aliphatic carbocycles. The number of carbonyl (C=O) groups excluding carboxylic acids is 1. The summed E-state index contributed by atoms with van der Waals surface area (Å²) in [5, 5.41) is 30.0. The molecule has 0 bridgehead atoms. The third-order valence-corrected chi connectivity index (χ3v) is 11.9. The minimum Gasteiger partial charge on any atom is -0.508 e. The number of thiocarbonyl (C=S) groups is 1. The van der Waals surface area contributed by atoms with Crippen LogP contribution in [0.1, 0.15) is 50.4 Å². The summed E-state index contributed by atoms with van der Waals surface area (Å²) in [6.45, 7) is 6.77. The molecule has 5 rings (SSSR count). The second kappa shape index (κ2) is 23.5. The van der Waals surface area contributed by atoms with Crippen molar-refractivity contribution in [2.45, 2.75) is 64.3 Å². The van der Waals surface area contributed by atoms with Crippen molar-refractivity contribution in [2.75, 3.05) is 58.1 Å². The van der Waals surface area contributed by atoms with Crippen molar-refractivity contribution in [3.05, 3.63) is 81.8 Å². The molecule has 4 atom stereocenters. The van der Waals surface area contributed by atoms with Gasteiger partial charge in [0, 0.05) is 59.5 Å². The normalized spacial score (nSPS) is 17.1. The highest BCUT2D eigenvalue weighted by molar-refractivity contribution is 7.80. The van der Waals surface area contributed by atoms with E-state index in [2.05, 4.69) is 20.9 Å². The number of nitrogens with two attached hydrogens (primary N) is 2. The van der Waals surface area contributed by atoms with Gasteiger partial charge in [-0.15, -0.1) is 0 Å². The number of anilines is 1. The topological polar surface area (TPSA) is 289 Å². The second-order valence-corrected chi connectivity index (χ2v) is 17.0. The number of aliphatic imine (C=N–C) groups is 1. The van der Waals surface area contributed by atoms with Gasteiger partial charge in [0.2, 0.25) is 5.91 Å². The molecule has 3 aliphatic rings. The Balaban J connectivity index is 1.01. The van der Waals surface area contributed by atoms with Crippen LogP contribution in [0.4, 0.5) is 5.69 Å². The van der Waals surface area contributed by atoms with Crippen LogP contribution < -0.4 is 32.8 Å². The van der Waals surface area contributed by atoms with Crippen LogP contribution in [0.2, 0.25) is 0 Å². The number of carboxylic acids is 1. The van der Waals surface area contributed by atoms with E-state index in [0.29, 0.717) is 53.8 Å².